The van der Waals surface area contributed by atoms with E-state index in [0.717, 1.165) is 11.1 Å². The highest BCUT2D eigenvalue weighted by molar-refractivity contribution is 9.10. The van der Waals surface area contributed by atoms with E-state index >= 15 is 0 Å². The Morgan fingerprint density at radius 2 is 1.83 bits per heavy atom. The average Bonchev–Trinajstić information content (AvgIpc) is 2.56. The van der Waals surface area contributed by atoms with E-state index in [0.29, 0.717) is 11.0 Å². The summed E-state index contributed by atoms with van der Waals surface area (Å²) >= 11 is 9.24. The number of esters is 1. The van der Waals surface area contributed by atoms with Gasteiger partial charge in [0.05, 0.1) is 10.6 Å². The normalized spacial score (nSPS) is 10.3. The van der Waals surface area contributed by atoms with Crippen molar-refractivity contribution in [3.8, 4) is 0 Å². The second-order valence-corrected chi connectivity index (χ2v) is 6.76. The number of ether oxygens (including phenoxy) is 1. The van der Waals surface area contributed by atoms with Gasteiger partial charge in [-0.25, -0.2) is 4.79 Å². The van der Waals surface area contributed by atoms with Crippen LogP contribution in [-0.2, 0) is 16.1 Å². The molecule has 0 saturated carbocycles. The van der Waals surface area contributed by atoms with Crippen LogP contribution in [0.15, 0.2) is 46.9 Å². The largest absolute Gasteiger partial charge is 0.452 e. The standard InChI is InChI=1S/C18H17BrClNO3/c1-12-3-5-13(6-4-12)10-21(2)17(22)11-24-18(23)15-9-14(19)7-8-16(15)20/h3-9H,10-11H2,1-2H3. The second-order valence-electron chi connectivity index (χ2n) is 5.44. The minimum atomic E-state index is -0.626. The van der Waals surface area contributed by atoms with Crippen LogP contribution in [0.1, 0.15) is 21.5 Å². The van der Waals surface area contributed by atoms with Crippen LogP contribution in [-0.4, -0.2) is 30.4 Å². The second kappa shape index (κ2) is 8.31. The van der Waals surface area contributed by atoms with E-state index in [-0.39, 0.29) is 23.1 Å². The molecule has 0 saturated heterocycles. The Labute approximate surface area is 154 Å². The van der Waals surface area contributed by atoms with Crippen molar-refractivity contribution >= 4 is 39.4 Å². The Hall–Kier alpha value is -1.85. The molecule has 0 heterocycles. The highest BCUT2D eigenvalue weighted by Gasteiger charge is 2.16. The zero-order valence-corrected chi connectivity index (χ0v) is 15.7. The van der Waals surface area contributed by atoms with Crippen molar-refractivity contribution in [1.82, 2.24) is 4.90 Å². The maximum absolute atomic E-state index is 12.1. The molecule has 2 aromatic carbocycles. The van der Waals surface area contributed by atoms with E-state index < -0.39 is 5.97 Å². The van der Waals surface area contributed by atoms with E-state index in [4.69, 9.17) is 16.3 Å². The molecule has 0 fully saturated rings. The molecular weight excluding hydrogens is 394 g/mol. The molecule has 126 valence electrons. The number of carbonyl (C=O) groups is 2. The first-order valence-corrected chi connectivity index (χ1v) is 8.45. The molecule has 0 aliphatic carbocycles. The predicted molar refractivity (Wildman–Crippen MR) is 97.1 cm³/mol. The number of nitrogens with zero attached hydrogens (tertiary/aromatic N) is 1. The molecule has 0 aliphatic rings. The molecule has 1 amide bonds. The molecule has 6 heteroatoms. The summed E-state index contributed by atoms with van der Waals surface area (Å²) in [6.45, 7) is 2.13. The Kier molecular flexibility index (Phi) is 6.40. The van der Waals surface area contributed by atoms with E-state index in [2.05, 4.69) is 15.9 Å². The zero-order chi connectivity index (χ0) is 17.7. The van der Waals surface area contributed by atoms with Gasteiger partial charge in [-0.2, -0.15) is 0 Å². The summed E-state index contributed by atoms with van der Waals surface area (Å²) in [5.41, 5.74) is 2.39. The molecule has 0 aromatic heterocycles. The van der Waals surface area contributed by atoms with Crippen molar-refractivity contribution in [2.24, 2.45) is 0 Å². The Balaban J connectivity index is 1.91. The summed E-state index contributed by atoms with van der Waals surface area (Å²) in [6, 6.07) is 12.8. The van der Waals surface area contributed by atoms with Crippen LogP contribution in [0.5, 0.6) is 0 Å². The lowest BCUT2D eigenvalue weighted by Gasteiger charge is -2.17. The summed E-state index contributed by atoms with van der Waals surface area (Å²) in [5.74, 6) is -0.909. The summed E-state index contributed by atoms with van der Waals surface area (Å²) in [7, 11) is 1.67. The molecule has 0 N–H and O–H groups in total. The lowest BCUT2D eigenvalue weighted by molar-refractivity contribution is -0.133. The average molecular weight is 411 g/mol. The fourth-order valence-electron chi connectivity index (χ4n) is 2.02. The number of aryl methyl sites for hydroxylation is 1. The van der Waals surface area contributed by atoms with Gasteiger partial charge in [0.1, 0.15) is 0 Å². The Morgan fingerprint density at radius 1 is 1.17 bits per heavy atom. The van der Waals surface area contributed by atoms with Gasteiger partial charge in [-0.15, -0.1) is 0 Å². The summed E-state index contributed by atoms with van der Waals surface area (Å²) < 4.78 is 5.78. The third-order valence-electron chi connectivity index (χ3n) is 3.44. The van der Waals surface area contributed by atoms with Crippen molar-refractivity contribution in [1.29, 1.82) is 0 Å². The van der Waals surface area contributed by atoms with Crippen LogP contribution in [0.3, 0.4) is 0 Å². The molecule has 0 atom stereocenters. The fraction of sp³-hybridized carbons (Fsp3) is 0.222. The van der Waals surface area contributed by atoms with Crippen LogP contribution < -0.4 is 0 Å². The van der Waals surface area contributed by atoms with E-state index in [9.17, 15) is 9.59 Å². The first kappa shape index (κ1) is 18.5. The molecule has 2 rings (SSSR count). The SMILES string of the molecule is Cc1ccc(CN(C)C(=O)COC(=O)c2cc(Br)ccc2Cl)cc1. The Bertz CT molecular complexity index is 746. The van der Waals surface area contributed by atoms with Crippen molar-refractivity contribution in [3.63, 3.8) is 0 Å². The highest BCUT2D eigenvalue weighted by atomic mass is 79.9. The van der Waals surface area contributed by atoms with E-state index in [1.54, 1.807) is 25.2 Å². The fourth-order valence-corrected chi connectivity index (χ4v) is 2.58. The van der Waals surface area contributed by atoms with Crippen molar-refractivity contribution in [2.45, 2.75) is 13.5 Å². The number of halogens is 2. The first-order chi connectivity index (χ1) is 11.4. The van der Waals surface area contributed by atoms with Gasteiger partial charge in [0.15, 0.2) is 6.61 Å². The summed E-state index contributed by atoms with van der Waals surface area (Å²) in [4.78, 5) is 25.7. The third-order valence-corrected chi connectivity index (χ3v) is 4.26. The molecule has 0 radical (unpaired) electrons. The number of carbonyl (C=O) groups excluding carboxylic acids is 2. The minimum absolute atomic E-state index is 0.222. The topological polar surface area (TPSA) is 46.6 Å². The lowest BCUT2D eigenvalue weighted by atomic mass is 10.1. The van der Waals surface area contributed by atoms with Gasteiger partial charge in [0.2, 0.25) is 0 Å². The van der Waals surface area contributed by atoms with Crippen molar-refractivity contribution in [3.05, 3.63) is 68.7 Å². The molecule has 0 aliphatic heterocycles. The zero-order valence-electron chi connectivity index (χ0n) is 13.4. The number of likely N-dealkylation sites (N-methyl/N-ethyl adjacent to an activating group) is 1. The number of benzene rings is 2. The molecule has 0 spiro atoms. The van der Waals surface area contributed by atoms with Crippen LogP contribution >= 0.6 is 27.5 Å². The number of rotatable bonds is 5. The maximum Gasteiger partial charge on any atom is 0.340 e. The highest BCUT2D eigenvalue weighted by Crippen LogP contribution is 2.21. The molecular formula is C18H17BrClNO3. The van der Waals surface area contributed by atoms with E-state index in [1.807, 2.05) is 31.2 Å². The minimum Gasteiger partial charge on any atom is -0.452 e. The summed E-state index contributed by atoms with van der Waals surface area (Å²) in [6.07, 6.45) is 0. The third kappa shape index (κ3) is 5.08. The van der Waals surface area contributed by atoms with Gasteiger partial charge in [-0.1, -0.05) is 57.4 Å². The van der Waals surface area contributed by atoms with Gasteiger partial charge in [-0.05, 0) is 30.7 Å². The monoisotopic (exact) mass is 409 g/mol. The van der Waals surface area contributed by atoms with Crippen LogP contribution in [0, 0.1) is 6.92 Å². The molecule has 0 unspecified atom stereocenters. The van der Waals surface area contributed by atoms with Gasteiger partial charge in [-0.3, -0.25) is 4.79 Å². The first-order valence-electron chi connectivity index (χ1n) is 7.28. The molecule has 24 heavy (non-hydrogen) atoms. The van der Waals surface area contributed by atoms with E-state index in [1.165, 1.54) is 4.90 Å². The number of hydrogen-bond donors (Lipinski definition) is 0. The number of hydrogen-bond acceptors (Lipinski definition) is 3. The van der Waals surface area contributed by atoms with Crippen molar-refractivity contribution in [2.75, 3.05) is 13.7 Å². The maximum atomic E-state index is 12.1. The smallest absolute Gasteiger partial charge is 0.340 e. The molecule has 4 nitrogen and oxygen atoms in total. The van der Waals surface area contributed by atoms with Gasteiger partial charge < -0.3 is 9.64 Å². The van der Waals surface area contributed by atoms with Crippen LogP contribution in [0.25, 0.3) is 0 Å². The Morgan fingerprint density at radius 3 is 2.50 bits per heavy atom. The van der Waals surface area contributed by atoms with Gasteiger partial charge in [0, 0.05) is 18.1 Å². The molecule has 0 bridgehead atoms. The summed E-state index contributed by atoms with van der Waals surface area (Å²) in [5, 5.41) is 0.281. The lowest BCUT2D eigenvalue weighted by Crippen LogP contribution is -2.30. The predicted octanol–water partition coefficient (Wildman–Crippen LogP) is 4.23. The van der Waals surface area contributed by atoms with Crippen LogP contribution in [0.2, 0.25) is 5.02 Å². The molecule has 2 aromatic rings. The quantitative estimate of drug-likeness (QED) is 0.693. The van der Waals surface area contributed by atoms with Gasteiger partial charge >= 0.3 is 5.97 Å². The van der Waals surface area contributed by atoms with Gasteiger partial charge in [0.25, 0.3) is 5.91 Å². The van der Waals surface area contributed by atoms with Crippen LogP contribution in [0.4, 0.5) is 0 Å². The van der Waals surface area contributed by atoms with Crippen molar-refractivity contribution < 1.29 is 14.3 Å². The number of amides is 1.